The van der Waals surface area contributed by atoms with Crippen LogP contribution in [0.4, 0.5) is 10.1 Å². The van der Waals surface area contributed by atoms with Gasteiger partial charge in [0, 0.05) is 18.5 Å². The van der Waals surface area contributed by atoms with Gasteiger partial charge in [-0.05, 0) is 19.1 Å². The number of rotatable bonds is 4. The number of carbonyl (C=O) groups is 1. The Morgan fingerprint density at radius 2 is 2.31 bits per heavy atom. The van der Waals surface area contributed by atoms with Gasteiger partial charge in [-0.2, -0.15) is 0 Å². The van der Waals surface area contributed by atoms with E-state index in [4.69, 9.17) is 10.5 Å². The molecule has 0 aliphatic carbocycles. The Labute approximate surface area is 93.6 Å². The normalized spacial score (nSPS) is 12.0. The highest BCUT2D eigenvalue weighted by molar-refractivity contribution is 5.92. The maximum Gasteiger partial charge on any atom is 0.226 e. The van der Waals surface area contributed by atoms with Gasteiger partial charge in [-0.3, -0.25) is 4.79 Å². The number of hydrogen-bond acceptors (Lipinski definition) is 3. The summed E-state index contributed by atoms with van der Waals surface area (Å²) in [4.78, 5) is 11.4. The van der Waals surface area contributed by atoms with Crippen LogP contribution in [0.3, 0.4) is 0 Å². The number of carbonyl (C=O) groups excluding carboxylic acids is 1. The topological polar surface area (TPSA) is 64.3 Å². The minimum Gasteiger partial charge on any atom is -0.494 e. The monoisotopic (exact) mass is 226 g/mol. The van der Waals surface area contributed by atoms with Gasteiger partial charge < -0.3 is 15.8 Å². The molecule has 0 radical (unpaired) electrons. The lowest BCUT2D eigenvalue weighted by molar-refractivity contribution is -0.116. The van der Waals surface area contributed by atoms with Crippen molar-refractivity contribution in [3.8, 4) is 5.75 Å². The highest BCUT2D eigenvalue weighted by Crippen LogP contribution is 2.24. The Balaban J connectivity index is 2.76. The van der Waals surface area contributed by atoms with Gasteiger partial charge in [-0.25, -0.2) is 4.39 Å². The van der Waals surface area contributed by atoms with Crippen molar-refractivity contribution >= 4 is 11.6 Å². The van der Waals surface area contributed by atoms with Crippen molar-refractivity contribution in [2.75, 3.05) is 12.4 Å². The van der Waals surface area contributed by atoms with E-state index in [1.165, 1.54) is 25.3 Å². The van der Waals surface area contributed by atoms with Crippen molar-refractivity contribution in [1.29, 1.82) is 0 Å². The average Bonchev–Trinajstić information content (AvgIpc) is 2.19. The van der Waals surface area contributed by atoms with Gasteiger partial charge in [-0.15, -0.1) is 0 Å². The van der Waals surface area contributed by atoms with Crippen LogP contribution in [0.15, 0.2) is 18.2 Å². The van der Waals surface area contributed by atoms with Gasteiger partial charge in [0.1, 0.15) is 11.6 Å². The molecule has 0 fully saturated rings. The summed E-state index contributed by atoms with van der Waals surface area (Å²) in [6.45, 7) is 1.74. The molecule has 16 heavy (non-hydrogen) atoms. The third kappa shape index (κ3) is 3.51. The molecule has 0 bridgehead atoms. The van der Waals surface area contributed by atoms with E-state index in [1.54, 1.807) is 6.92 Å². The summed E-state index contributed by atoms with van der Waals surface area (Å²) >= 11 is 0. The number of halogens is 1. The average molecular weight is 226 g/mol. The molecule has 4 nitrogen and oxygen atoms in total. The van der Waals surface area contributed by atoms with E-state index in [1.807, 2.05) is 0 Å². The molecule has 0 aromatic heterocycles. The zero-order valence-corrected chi connectivity index (χ0v) is 9.29. The third-order valence-electron chi connectivity index (χ3n) is 1.95. The molecule has 3 N–H and O–H groups in total. The van der Waals surface area contributed by atoms with Crippen LogP contribution >= 0.6 is 0 Å². The molecule has 0 saturated carbocycles. The van der Waals surface area contributed by atoms with Crippen LogP contribution in [0.1, 0.15) is 13.3 Å². The summed E-state index contributed by atoms with van der Waals surface area (Å²) in [5.41, 5.74) is 5.93. The lowest BCUT2D eigenvalue weighted by Crippen LogP contribution is -2.24. The van der Waals surface area contributed by atoms with E-state index in [0.29, 0.717) is 5.69 Å². The first-order chi connectivity index (χ1) is 7.52. The fourth-order valence-electron chi connectivity index (χ4n) is 1.26. The number of nitrogens with one attached hydrogen (secondary N) is 1. The number of nitrogens with two attached hydrogens (primary N) is 1. The Morgan fingerprint density at radius 3 is 2.88 bits per heavy atom. The van der Waals surface area contributed by atoms with E-state index < -0.39 is 5.82 Å². The molecular weight excluding hydrogens is 211 g/mol. The molecule has 0 heterocycles. The minimum absolute atomic E-state index is 0.209. The molecule has 0 aliphatic heterocycles. The molecule has 0 spiro atoms. The van der Waals surface area contributed by atoms with Crippen LogP contribution in [0, 0.1) is 5.82 Å². The maximum absolute atomic E-state index is 12.9. The Morgan fingerprint density at radius 1 is 1.62 bits per heavy atom. The van der Waals surface area contributed by atoms with Crippen LogP contribution in [0.2, 0.25) is 0 Å². The molecule has 1 rings (SSSR count). The first-order valence-corrected chi connectivity index (χ1v) is 4.92. The predicted octanol–water partition coefficient (Wildman–Crippen LogP) is 1.51. The van der Waals surface area contributed by atoms with Crippen molar-refractivity contribution in [3.05, 3.63) is 24.0 Å². The number of amides is 1. The fourth-order valence-corrected chi connectivity index (χ4v) is 1.26. The first kappa shape index (κ1) is 12.4. The first-order valence-electron chi connectivity index (χ1n) is 4.92. The SMILES string of the molecule is COc1cc(F)ccc1NC(=O)CC(C)N. The van der Waals surface area contributed by atoms with Gasteiger partial charge in [0.15, 0.2) is 0 Å². The van der Waals surface area contributed by atoms with E-state index >= 15 is 0 Å². The standard InChI is InChI=1S/C11H15FN2O2/c1-7(13)5-11(15)14-9-4-3-8(12)6-10(9)16-2/h3-4,6-7H,5,13H2,1-2H3,(H,14,15). The maximum atomic E-state index is 12.9. The van der Waals surface area contributed by atoms with Crippen LogP contribution in [0.5, 0.6) is 5.75 Å². The number of ether oxygens (including phenoxy) is 1. The van der Waals surface area contributed by atoms with E-state index in [2.05, 4.69) is 5.32 Å². The lowest BCUT2D eigenvalue weighted by atomic mass is 10.2. The van der Waals surface area contributed by atoms with Gasteiger partial charge in [0.2, 0.25) is 5.91 Å². The van der Waals surface area contributed by atoms with Crippen LogP contribution in [-0.2, 0) is 4.79 Å². The number of anilines is 1. The van der Waals surface area contributed by atoms with Crippen LogP contribution in [-0.4, -0.2) is 19.1 Å². The van der Waals surface area contributed by atoms with Gasteiger partial charge in [-0.1, -0.05) is 0 Å². The Hall–Kier alpha value is -1.62. The number of methoxy groups -OCH3 is 1. The summed E-state index contributed by atoms with van der Waals surface area (Å²) in [5.74, 6) is -0.347. The Kier molecular flexibility index (Phi) is 4.25. The summed E-state index contributed by atoms with van der Waals surface area (Å²) < 4.78 is 17.8. The van der Waals surface area contributed by atoms with E-state index in [9.17, 15) is 9.18 Å². The van der Waals surface area contributed by atoms with Crippen LogP contribution < -0.4 is 15.8 Å². The quantitative estimate of drug-likeness (QED) is 0.817. The highest BCUT2D eigenvalue weighted by atomic mass is 19.1. The predicted molar refractivity (Wildman–Crippen MR) is 59.8 cm³/mol. The summed E-state index contributed by atoms with van der Waals surface area (Å²) in [5, 5.41) is 2.61. The molecule has 0 aliphatic rings. The number of benzene rings is 1. The smallest absolute Gasteiger partial charge is 0.226 e. The molecule has 1 aromatic carbocycles. The zero-order chi connectivity index (χ0) is 12.1. The highest BCUT2D eigenvalue weighted by Gasteiger charge is 2.09. The Bertz CT molecular complexity index is 380. The van der Waals surface area contributed by atoms with Crippen molar-refractivity contribution in [2.24, 2.45) is 5.73 Å². The summed E-state index contributed by atoms with van der Waals surface area (Å²) in [7, 11) is 1.41. The fraction of sp³-hybridized carbons (Fsp3) is 0.364. The third-order valence-corrected chi connectivity index (χ3v) is 1.95. The lowest BCUT2D eigenvalue weighted by Gasteiger charge is -2.11. The molecule has 88 valence electrons. The summed E-state index contributed by atoms with van der Waals surface area (Å²) in [6, 6.07) is 3.70. The van der Waals surface area contributed by atoms with Crippen molar-refractivity contribution in [3.63, 3.8) is 0 Å². The van der Waals surface area contributed by atoms with Crippen molar-refractivity contribution in [2.45, 2.75) is 19.4 Å². The van der Waals surface area contributed by atoms with Crippen molar-refractivity contribution in [1.82, 2.24) is 0 Å². The molecule has 0 saturated heterocycles. The second kappa shape index (κ2) is 5.46. The van der Waals surface area contributed by atoms with Gasteiger partial charge in [0.05, 0.1) is 12.8 Å². The van der Waals surface area contributed by atoms with E-state index in [-0.39, 0.29) is 24.1 Å². The number of hydrogen-bond donors (Lipinski definition) is 2. The molecule has 1 atom stereocenters. The molecule has 5 heteroatoms. The zero-order valence-electron chi connectivity index (χ0n) is 9.29. The molecule has 1 aromatic rings. The molecule has 1 amide bonds. The minimum atomic E-state index is -0.415. The molecular formula is C11H15FN2O2. The van der Waals surface area contributed by atoms with Gasteiger partial charge >= 0.3 is 0 Å². The van der Waals surface area contributed by atoms with E-state index in [0.717, 1.165) is 0 Å². The van der Waals surface area contributed by atoms with Crippen molar-refractivity contribution < 1.29 is 13.9 Å². The summed E-state index contributed by atoms with van der Waals surface area (Å²) in [6.07, 6.45) is 0.209. The molecule has 1 unspecified atom stereocenters. The van der Waals surface area contributed by atoms with Gasteiger partial charge in [0.25, 0.3) is 0 Å². The second-order valence-electron chi connectivity index (χ2n) is 3.57. The van der Waals surface area contributed by atoms with Crippen LogP contribution in [0.25, 0.3) is 0 Å². The largest absolute Gasteiger partial charge is 0.494 e. The second-order valence-corrected chi connectivity index (χ2v) is 3.57.